The zero-order valence-electron chi connectivity index (χ0n) is 13.1. The van der Waals surface area contributed by atoms with Gasteiger partial charge in [0.25, 0.3) is 0 Å². The van der Waals surface area contributed by atoms with Gasteiger partial charge in [-0.25, -0.2) is 0 Å². The molecule has 1 N–H and O–H groups in total. The third-order valence-electron chi connectivity index (χ3n) is 3.38. The molecule has 0 spiro atoms. The van der Waals surface area contributed by atoms with E-state index in [9.17, 15) is 0 Å². The van der Waals surface area contributed by atoms with Gasteiger partial charge in [-0.2, -0.15) is 15.0 Å². The van der Waals surface area contributed by atoms with Crippen LogP contribution in [-0.2, 0) is 4.74 Å². The normalized spacial score (nSPS) is 18.6. The molecule has 1 saturated heterocycles. The van der Waals surface area contributed by atoms with Gasteiger partial charge in [-0.3, -0.25) is 0 Å². The first-order chi connectivity index (χ1) is 10.3. The first-order valence-electron chi connectivity index (χ1n) is 7.67. The second-order valence-electron chi connectivity index (χ2n) is 5.04. The molecule has 0 aliphatic carbocycles. The molecule has 1 aliphatic heterocycles. The molecule has 1 atom stereocenters. The summed E-state index contributed by atoms with van der Waals surface area (Å²) in [5.74, 6) is 1.22. The Kier molecular flexibility index (Phi) is 5.98. The highest BCUT2D eigenvalue weighted by Crippen LogP contribution is 2.20. The summed E-state index contributed by atoms with van der Waals surface area (Å²) in [5, 5.41) is 3.18. The van der Waals surface area contributed by atoms with Crippen molar-refractivity contribution >= 4 is 11.9 Å². The second kappa shape index (κ2) is 7.97. The lowest BCUT2D eigenvalue weighted by molar-refractivity contribution is 0.0523. The van der Waals surface area contributed by atoms with Crippen molar-refractivity contribution in [2.24, 2.45) is 0 Å². The molecule has 21 heavy (non-hydrogen) atoms. The summed E-state index contributed by atoms with van der Waals surface area (Å²) in [5.41, 5.74) is 0. The quantitative estimate of drug-likeness (QED) is 0.821. The molecule has 1 fully saturated rings. The summed E-state index contributed by atoms with van der Waals surface area (Å²) in [4.78, 5) is 15.2. The molecule has 0 amide bonds. The zero-order chi connectivity index (χ0) is 15.1. The fourth-order valence-corrected chi connectivity index (χ4v) is 2.39. The van der Waals surface area contributed by atoms with Crippen LogP contribution in [0.2, 0.25) is 0 Å². The van der Waals surface area contributed by atoms with Crippen LogP contribution in [0.15, 0.2) is 0 Å². The Labute approximate surface area is 126 Å². The highest BCUT2D eigenvalue weighted by Gasteiger charge is 2.23. The SMILES string of the molecule is CCCNc1nc(OC)nc(N2CCCC(OCC)C2)n1. The van der Waals surface area contributed by atoms with E-state index in [1.165, 1.54) is 0 Å². The van der Waals surface area contributed by atoms with E-state index >= 15 is 0 Å². The smallest absolute Gasteiger partial charge is 0.322 e. The van der Waals surface area contributed by atoms with Crippen LogP contribution in [-0.4, -0.2) is 54.4 Å². The van der Waals surface area contributed by atoms with E-state index in [0.717, 1.165) is 45.5 Å². The van der Waals surface area contributed by atoms with Crippen molar-refractivity contribution in [1.29, 1.82) is 0 Å². The van der Waals surface area contributed by atoms with Crippen LogP contribution in [0.3, 0.4) is 0 Å². The minimum atomic E-state index is 0.249. The highest BCUT2D eigenvalue weighted by molar-refractivity contribution is 5.39. The van der Waals surface area contributed by atoms with Crippen molar-refractivity contribution in [2.45, 2.75) is 39.2 Å². The molecule has 0 radical (unpaired) electrons. The van der Waals surface area contributed by atoms with Gasteiger partial charge in [0, 0.05) is 26.2 Å². The maximum Gasteiger partial charge on any atom is 0.322 e. The Hall–Kier alpha value is -1.63. The van der Waals surface area contributed by atoms with Gasteiger partial charge in [0.2, 0.25) is 11.9 Å². The molecule has 0 aromatic carbocycles. The lowest BCUT2D eigenvalue weighted by Crippen LogP contribution is -2.40. The van der Waals surface area contributed by atoms with E-state index in [4.69, 9.17) is 9.47 Å². The Morgan fingerprint density at radius 2 is 2.14 bits per heavy atom. The Morgan fingerprint density at radius 1 is 1.29 bits per heavy atom. The fourth-order valence-electron chi connectivity index (χ4n) is 2.39. The standard InChI is InChI=1S/C14H25N5O2/c1-4-8-15-12-16-13(18-14(17-12)20-3)19-9-6-7-11(10-19)21-5-2/h11H,4-10H2,1-3H3,(H,15,16,17,18). The number of methoxy groups -OCH3 is 1. The lowest BCUT2D eigenvalue weighted by Gasteiger charge is -2.32. The summed E-state index contributed by atoms with van der Waals surface area (Å²) >= 11 is 0. The van der Waals surface area contributed by atoms with Gasteiger partial charge in [-0.05, 0) is 26.2 Å². The van der Waals surface area contributed by atoms with Crippen LogP contribution in [0, 0.1) is 0 Å². The molecule has 7 nitrogen and oxygen atoms in total. The highest BCUT2D eigenvalue weighted by atomic mass is 16.5. The number of hydrogen-bond acceptors (Lipinski definition) is 7. The largest absolute Gasteiger partial charge is 0.467 e. The van der Waals surface area contributed by atoms with E-state index in [1.807, 2.05) is 6.92 Å². The van der Waals surface area contributed by atoms with Crippen LogP contribution in [0.25, 0.3) is 0 Å². The van der Waals surface area contributed by atoms with Gasteiger partial charge in [0.15, 0.2) is 0 Å². The fraction of sp³-hybridized carbons (Fsp3) is 0.786. The first-order valence-corrected chi connectivity index (χ1v) is 7.67. The van der Waals surface area contributed by atoms with E-state index in [-0.39, 0.29) is 6.10 Å². The number of hydrogen-bond donors (Lipinski definition) is 1. The van der Waals surface area contributed by atoms with Gasteiger partial charge in [-0.1, -0.05) is 6.92 Å². The minimum absolute atomic E-state index is 0.249. The molecule has 1 unspecified atom stereocenters. The van der Waals surface area contributed by atoms with Crippen LogP contribution < -0.4 is 15.0 Å². The monoisotopic (exact) mass is 295 g/mol. The summed E-state index contributed by atoms with van der Waals surface area (Å²) in [7, 11) is 1.57. The van der Waals surface area contributed by atoms with Gasteiger partial charge in [0.05, 0.1) is 13.2 Å². The molecule has 2 heterocycles. The lowest BCUT2D eigenvalue weighted by atomic mass is 10.1. The molecule has 0 saturated carbocycles. The van der Waals surface area contributed by atoms with Crippen molar-refractivity contribution in [3.63, 3.8) is 0 Å². The number of nitrogens with one attached hydrogen (secondary N) is 1. The number of anilines is 2. The summed E-state index contributed by atoms with van der Waals surface area (Å²) in [6, 6.07) is 0.345. The first kappa shape index (κ1) is 15.8. The number of piperidine rings is 1. The van der Waals surface area contributed by atoms with Crippen LogP contribution in [0.1, 0.15) is 33.1 Å². The molecule has 118 valence electrons. The van der Waals surface area contributed by atoms with Gasteiger partial charge in [0.1, 0.15) is 0 Å². The molecule has 1 aromatic rings. The molecule has 1 aliphatic rings. The topological polar surface area (TPSA) is 72.4 Å². The second-order valence-corrected chi connectivity index (χ2v) is 5.04. The van der Waals surface area contributed by atoms with E-state index in [0.29, 0.717) is 17.9 Å². The van der Waals surface area contributed by atoms with Crippen molar-refractivity contribution in [2.75, 3.05) is 43.6 Å². The molecular weight excluding hydrogens is 270 g/mol. The van der Waals surface area contributed by atoms with Crippen LogP contribution in [0.4, 0.5) is 11.9 Å². The number of ether oxygens (including phenoxy) is 2. The van der Waals surface area contributed by atoms with Gasteiger partial charge >= 0.3 is 6.01 Å². The molecule has 7 heteroatoms. The molecule has 1 aromatic heterocycles. The van der Waals surface area contributed by atoms with E-state index in [2.05, 4.69) is 32.1 Å². The number of rotatable bonds is 7. The summed E-state index contributed by atoms with van der Waals surface area (Å²) < 4.78 is 10.9. The maximum atomic E-state index is 5.73. The average Bonchev–Trinajstić information content (AvgIpc) is 2.53. The summed E-state index contributed by atoms with van der Waals surface area (Å²) in [6.45, 7) is 7.44. The van der Waals surface area contributed by atoms with E-state index < -0.39 is 0 Å². The Bertz CT molecular complexity index is 441. The minimum Gasteiger partial charge on any atom is -0.467 e. The van der Waals surface area contributed by atoms with Crippen LogP contribution in [0.5, 0.6) is 6.01 Å². The predicted molar refractivity (Wildman–Crippen MR) is 82.0 cm³/mol. The molecule has 0 bridgehead atoms. The van der Waals surface area contributed by atoms with Crippen molar-refractivity contribution < 1.29 is 9.47 Å². The third kappa shape index (κ3) is 4.42. The van der Waals surface area contributed by atoms with Gasteiger partial charge < -0.3 is 19.7 Å². The van der Waals surface area contributed by atoms with E-state index in [1.54, 1.807) is 7.11 Å². The predicted octanol–water partition coefficient (Wildman–Crippen LogP) is 1.71. The third-order valence-corrected chi connectivity index (χ3v) is 3.38. The molecular formula is C14H25N5O2. The summed E-state index contributed by atoms with van der Waals surface area (Å²) in [6.07, 6.45) is 3.43. The molecule has 2 rings (SSSR count). The van der Waals surface area contributed by atoms with Crippen molar-refractivity contribution in [3.8, 4) is 6.01 Å². The van der Waals surface area contributed by atoms with Gasteiger partial charge in [-0.15, -0.1) is 0 Å². The Morgan fingerprint density at radius 3 is 2.86 bits per heavy atom. The van der Waals surface area contributed by atoms with Crippen molar-refractivity contribution in [1.82, 2.24) is 15.0 Å². The number of aromatic nitrogens is 3. The average molecular weight is 295 g/mol. The zero-order valence-corrected chi connectivity index (χ0v) is 13.1. The van der Waals surface area contributed by atoms with Crippen LogP contribution >= 0.6 is 0 Å². The Balaban J connectivity index is 2.13. The van der Waals surface area contributed by atoms with Crippen molar-refractivity contribution in [3.05, 3.63) is 0 Å². The number of nitrogens with zero attached hydrogens (tertiary/aromatic N) is 4. The maximum absolute atomic E-state index is 5.73.